The van der Waals surface area contributed by atoms with Crippen LogP contribution in [0.2, 0.25) is 0 Å². The average molecular weight is 307 g/mol. The molecule has 0 N–H and O–H groups in total. The first-order valence-corrected chi connectivity index (χ1v) is 8.44. The maximum Gasteiger partial charge on any atom is 0.113 e. The van der Waals surface area contributed by atoms with Gasteiger partial charge in [0.25, 0.3) is 0 Å². The molecule has 0 bridgehead atoms. The molecule has 1 saturated carbocycles. The van der Waals surface area contributed by atoms with Gasteiger partial charge < -0.3 is 4.57 Å². The van der Waals surface area contributed by atoms with E-state index in [2.05, 4.69) is 45.0 Å². The van der Waals surface area contributed by atoms with Crippen molar-refractivity contribution in [3.05, 3.63) is 48.0 Å². The molecule has 1 aromatic carbocycles. The van der Waals surface area contributed by atoms with Gasteiger partial charge in [0.15, 0.2) is 0 Å². The van der Waals surface area contributed by atoms with Crippen LogP contribution in [0, 0.1) is 0 Å². The van der Waals surface area contributed by atoms with E-state index in [-0.39, 0.29) is 0 Å². The van der Waals surface area contributed by atoms with Crippen molar-refractivity contribution in [2.24, 2.45) is 7.05 Å². The highest BCUT2D eigenvalue weighted by Gasteiger charge is 2.36. The number of hydrogen-bond donors (Lipinski definition) is 0. The standard InChI is InChI=1S/C18H21N5/c1-21-9-13(8-19-21)10-22-11-15(12-22)23-17-5-3-2-4-16(17)20-18(23)14-6-7-14/h2-5,8-9,14-15H,6-7,10-12H2,1H3. The SMILES string of the molecule is Cn1cc(CN2CC(n3c(C4CC4)nc4ccccc43)C2)cn1. The lowest BCUT2D eigenvalue weighted by Gasteiger charge is -2.40. The summed E-state index contributed by atoms with van der Waals surface area (Å²) in [7, 11) is 1.97. The first kappa shape index (κ1) is 13.3. The van der Waals surface area contributed by atoms with E-state index in [1.165, 1.54) is 29.7 Å². The fourth-order valence-electron chi connectivity index (χ4n) is 3.72. The zero-order valence-electron chi connectivity index (χ0n) is 13.4. The Bertz CT molecular complexity index is 851. The minimum Gasteiger partial charge on any atom is -0.322 e. The van der Waals surface area contributed by atoms with E-state index in [4.69, 9.17) is 4.98 Å². The summed E-state index contributed by atoms with van der Waals surface area (Å²) in [4.78, 5) is 7.41. The Morgan fingerprint density at radius 1 is 1.17 bits per heavy atom. The Morgan fingerprint density at radius 3 is 2.74 bits per heavy atom. The van der Waals surface area contributed by atoms with Crippen molar-refractivity contribution < 1.29 is 0 Å². The topological polar surface area (TPSA) is 38.9 Å². The van der Waals surface area contributed by atoms with Crippen molar-refractivity contribution in [1.29, 1.82) is 0 Å². The van der Waals surface area contributed by atoms with Crippen LogP contribution < -0.4 is 0 Å². The van der Waals surface area contributed by atoms with Crippen molar-refractivity contribution >= 4 is 11.0 Å². The Hall–Kier alpha value is -2.14. The van der Waals surface area contributed by atoms with Gasteiger partial charge in [-0.3, -0.25) is 9.58 Å². The molecular weight excluding hydrogens is 286 g/mol. The molecule has 0 amide bonds. The zero-order valence-corrected chi connectivity index (χ0v) is 13.4. The molecule has 5 rings (SSSR count). The summed E-state index contributed by atoms with van der Waals surface area (Å²) in [5.74, 6) is 2.01. The van der Waals surface area contributed by atoms with Crippen molar-refractivity contribution in [1.82, 2.24) is 24.2 Å². The van der Waals surface area contributed by atoms with Gasteiger partial charge in [-0.1, -0.05) is 12.1 Å². The normalized spacial score (nSPS) is 19.3. The van der Waals surface area contributed by atoms with Crippen LogP contribution >= 0.6 is 0 Å². The van der Waals surface area contributed by atoms with E-state index in [9.17, 15) is 0 Å². The van der Waals surface area contributed by atoms with Crippen molar-refractivity contribution in [3.8, 4) is 0 Å². The second-order valence-electron chi connectivity index (χ2n) is 6.97. The van der Waals surface area contributed by atoms with Gasteiger partial charge in [-0.15, -0.1) is 0 Å². The predicted molar refractivity (Wildman–Crippen MR) is 89.2 cm³/mol. The van der Waals surface area contributed by atoms with E-state index >= 15 is 0 Å². The number of likely N-dealkylation sites (tertiary alicyclic amines) is 1. The number of aromatic nitrogens is 4. The highest BCUT2D eigenvalue weighted by molar-refractivity contribution is 5.76. The van der Waals surface area contributed by atoms with Crippen LogP contribution in [-0.4, -0.2) is 37.3 Å². The van der Waals surface area contributed by atoms with Crippen LogP contribution in [0.1, 0.15) is 36.2 Å². The maximum absolute atomic E-state index is 4.92. The molecule has 5 heteroatoms. The second kappa shape index (κ2) is 4.93. The number of aryl methyl sites for hydroxylation is 1. The molecule has 0 spiro atoms. The van der Waals surface area contributed by atoms with Gasteiger partial charge >= 0.3 is 0 Å². The molecule has 0 unspecified atom stereocenters. The third kappa shape index (κ3) is 2.27. The highest BCUT2D eigenvalue weighted by Crippen LogP contribution is 2.42. The molecule has 1 saturated heterocycles. The van der Waals surface area contributed by atoms with Crippen LogP contribution in [0.3, 0.4) is 0 Å². The summed E-state index contributed by atoms with van der Waals surface area (Å²) in [6, 6.07) is 9.14. The molecule has 2 aliphatic rings. The lowest BCUT2D eigenvalue weighted by Crippen LogP contribution is -2.47. The molecule has 0 radical (unpaired) electrons. The van der Waals surface area contributed by atoms with Gasteiger partial charge in [-0.25, -0.2) is 4.98 Å². The number of fused-ring (bicyclic) bond motifs is 1. The molecule has 2 aromatic heterocycles. The van der Waals surface area contributed by atoms with E-state index in [1.807, 2.05) is 17.9 Å². The van der Waals surface area contributed by atoms with Gasteiger partial charge in [-0.2, -0.15) is 5.10 Å². The van der Waals surface area contributed by atoms with Crippen molar-refractivity contribution in [2.75, 3.05) is 13.1 Å². The lowest BCUT2D eigenvalue weighted by molar-refractivity contribution is 0.0995. The third-order valence-corrected chi connectivity index (χ3v) is 5.03. The molecule has 118 valence electrons. The highest BCUT2D eigenvalue weighted by atomic mass is 15.3. The average Bonchev–Trinajstić information content (AvgIpc) is 3.17. The number of hydrogen-bond acceptors (Lipinski definition) is 3. The van der Waals surface area contributed by atoms with Crippen LogP contribution in [0.5, 0.6) is 0 Å². The van der Waals surface area contributed by atoms with Gasteiger partial charge in [0.1, 0.15) is 5.82 Å². The van der Waals surface area contributed by atoms with Crippen molar-refractivity contribution in [2.45, 2.75) is 31.3 Å². The number of para-hydroxylation sites is 2. The van der Waals surface area contributed by atoms with E-state index in [1.54, 1.807) is 0 Å². The largest absolute Gasteiger partial charge is 0.322 e. The summed E-state index contributed by atoms with van der Waals surface area (Å²) in [5, 5.41) is 4.26. The fraction of sp³-hybridized carbons (Fsp3) is 0.444. The second-order valence-corrected chi connectivity index (χ2v) is 6.97. The molecule has 3 heterocycles. The maximum atomic E-state index is 4.92. The summed E-state index contributed by atoms with van der Waals surface area (Å²) in [6.45, 7) is 3.21. The van der Waals surface area contributed by atoms with Gasteiger partial charge in [0, 0.05) is 44.4 Å². The van der Waals surface area contributed by atoms with Gasteiger partial charge in [-0.05, 0) is 25.0 Å². The van der Waals surface area contributed by atoms with Crippen molar-refractivity contribution in [3.63, 3.8) is 0 Å². The minimum atomic E-state index is 0.565. The lowest BCUT2D eigenvalue weighted by atomic mass is 10.1. The van der Waals surface area contributed by atoms with Crippen LogP contribution in [0.15, 0.2) is 36.7 Å². The molecule has 5 nitrogen and oxygen atoms in total. The first-order valence-electron chi connectivity index (χ1n) is 8.44. The summed E-state index contributed by atoms with van der Waals surface area (Å²) >= 11 is 0. The van der Waals surface area contributed by atoms with E-state index < -0.39 is 0 Å². The Kier molecular flexibility index (Phi) is 2.85. The summed E-state index contributed by atoms with van der Waals surface area (Å²) in [6.07, 6.45) is 6.68. The third-order valence-electron chi connectivity index (χ3n) is 5.03. The summed E-state index contributed by atoms with van der Waals surface area (Å²) < 4.78 is 4.40. The Morgan fingerprint density at radius 2 is 2.00 bits per heavy atom. The van der Waals surface area contributed by atoms with Gasteiger partial charge in [0.2, 0.25) is 0 Å². The fourth-order valence-corrected chi connectivity index (χ4v) is 3.72. The number of imidazole rings is 1. The van der Waals surface area contributed by atoms with Crippen LogP contribution in [0.4, 0.5) is 0 Å². The van der Waals surface area contributed by atoms with Gasteiger partial charge in [0.05, 0.1) is 23.3 Å². The molecule has 3 aromatic rings. The number of nitrogens with zero attached hydrogens (tertiary/aromatic N) is 5. The summed E-state index contributed by atoms with van der Waals surface area (Å²) in [5.41, 5.74) is 3.75. The molecule has 0 atom stereocenters. The van der Waals surface area contributed by atoms with E-state index in [0.29, 0.717) is 12.0 Å². The smallest absolute Gasteiger partial charge is 0.113 e. The minimum absolute atomic E-state index is 0.565. The molecule has 1 aliphatic heterocycles. The number of benzene rings is 1. The van der Waals surface area contributed by atoms with E-state index in [0.717, 1.165) is 25.2 Å². The first-order chi connectivity index (χ1) is 11.3. The quantitative estimate of drug-likeness (QED) is 0.744. The van der Waals surface area contributed by atoms with Crippen LogP contribution in [-0.2, 0) is 13.6 Å². The Labute approximate surface area is 135 Å². The molecule has 23 heavy (non-hydrogen) atoms. The molecule has 2 fully saturated rings. The zero-order chi connectivity index (χ0) is 15.4. The molecule has 1 aliphatic carbocycles. The predicted octanol–water partition coefficient (Wildman–Crippen LogP) is 2.70. The number of rotatable bonds is 4. The van der Waals surface area contributed by atoms with Crippen LogP contribution in [0.25, 0.3) is 11.0 Å². The Balaban J connectivity index is 1.38. The molecular formula is C18H21N5. The monoisotopic (exact) mass is 307 g/mol.